The lowest BCUT2D eigenvalue weighted by atomic mass is 10.2. The Morgan fingerprint density at radius 1 is 1.12 bits per heavy atom. The van der Waals surface area contributed by atoms with E-state index in [-0.39, 0.29) is 12.5 Å². The van der Waals surface area contributed by atoms with E-state index in [1.54, 1.807) is 25.2 Å². The third-order valence-corrected chi connectivity index (χ3v) is 4.03. The van der Waals surface area contributed by atoms with Crippen LogP contribution in [0.3, 0.4) is 0 Å². The molecule has 0 saturated carbocycles. The number of likely N-dealkylation sites (N-methyl/N-ethyl adjacent to an activating group) is 1. The number of nitrogens with one attached hydrogen (secondary N) is 2. The number of carbonyl (C=O) groups is 2. The van der Waals surface area contributed by atoms with Gasteiger partial charge in [-0.3, -0.25) is 4.79 Å². The first-order valence-electron chi connectivity index (χ1n) is 7.62. The van der Waals surface area contributed by atoms with Gasteiger partial charge in [-0.05, 0) is 42.8 Å². The van der Waals surface area contributed by atoms with Gasteiger partial charge in [0.15, 0.2) is 0 Å². The van der Waals surface area contributed by atoms with Crippen LogP contribution in [0.15, 0.2) is 46.9 Å². The number of benzene rings is 2. The maximum Gasteiger partial charge on any atom is 0.322 e. The van der Waals surface area contributed by atoms with Crippen molar-refractivity contribution < 1.29 is 14.3 Å². The molecule has 0 heterocycles. The van der Waals surface area contributed by atoms with Crippen LogP contribution < -0.4 is 15.4 Å². The van der Waals surface area contributed by atoms with E-state index in [9.17, 15) is 9.59 Å². The number of para-hydroxylation sites is 2. The molecule has 132 valence electrons. The fourth-order valence-corrected chi connectivity index (χ4v) is 2.68. The van der Waals surface area contributed by atoms with Gasteiger partial charge in [-0.1, -0.05) is 28.1 Å². The monoisotopic (exact) mass is 405 g/mol. The third kappa shape index (κ3) is 5.22. The summed E-state index contributed by atoms with van der Waals surface area (Å²) in [4.78, 5) is 25.7. The molecule has 0 saturated heterocycles. The Morgan fingerprint density at radius 3 is 2.52 bits per heavy atom. The Kier molecular flexibility index (Phi) is 6.41. The van der Waals surface area contributed by atoms with E-state index in [4.69, 9.17) is 4.74 Å². The molecule has 0 aliphatic heterocycles. The molecular weight excluding hydrogens is 386 g/mol. The van der Waals surface area contributed by atoms with Gasteiger partial charge < -0.3 is 20.3 Å². The minimum absolute atomic E-state index is 0.0729. The molecule has 0 aromatic heterocycles. The Labute approximate surface area is 155 Å². The molecule has 0 aliphatic carbocycles. The van der Waals surface area contributed by atoms with E-state index in [2.05, 4.69) is 26.6 Å². The maximum absolute atomic E-state index is 12.3. The lowest BCUT2D eigenvalue weighted by molar-refractivity contribution is -0.116. The van der Waals surface area contributed by atoms with E-state index in [0.717, 1.165) is 10.0 Å². The van der Waals surface area contributed by atoms with Gasteiger partial charge in [-0.25, -0.2) is 4.79 Å². The average molecular weight is 406 g/mol. The SMILES string of the molecule is COc1ccccc1NC(=O)N(C)CC(=O)Nc1ccc(Br)cc1C. The number of methoxy groups -OCH3 is 1. The molecule has 0 fully saturated rings. The molecule has 3 amide bonds. The summed E-state index contributed by atoms with van der Waals surface area (Å²) in [5.74, 6) is 0.280. The number of halogens is 1. The van der Waals surface area contributed by atoms with E-state index >= 15 is 0 Å². The zero-order valence-electron chi connectivity index (χ0n) is 14.3. The molecule has 2 aromatic rings. The summed E-state index contributed by atoms with van der Waals surface area (Å²) in [5.41, 5.74) is 2.20. The number of amides is 3. The molecule has 0 radical (unpaired) electrons. The second-order valence-corrected chi connectivity index (χ2v) is 6.41. The van der Waals surface area contributed by atoms with Crippen molar-refractivity contribution in [2.75, 3.05) is 31.3 Å². The minimum atomic E-state index is -0.396. The highest BCUT2D eigenvalue weighted by Gasteiger charge is 2.15. The van der Waals surface area contributed by atoms with Crippen LogP contribution in [0.25, 0.3) is 0 Å². The molecule has 2 rings (SSSR count). The fraction of sp³-hybridized carbons (Fsp3) is 0.222. The number of hydrogen-bond donors (Lipinski definition) is 2. The molecule has 0 unspecified atom stereocenters. The van der Waals surface area contributed by atoms with Gasteiger partial charge in [0, 0.05) is 17.2 Å². The number of carbonyl (C=O) groups excluding carboxylic acids is 2. The highest BCUT2D eigenvalue weighted by Crippen LogP contribution is 2.23. The molecule has 2 aromatic carbocycles. The summed E-state index contributed by atoms with van der Waals surface area (Å²) in [6.07, 6.45) is 0. The Bertz CT molecular complexity index is 780. The van der Waals surface area contributed by atoms with E-state index in [1.165, 1.54) is 12.0 Å². The molecule has 25 heavy (non-hydrogen) atoms. The number of hydrogen-bond acceptors (Lipinski definition) is 3. The predicted octanol–water partition coefficient (Wildman–Crippen LogP) is 3.87. The van der Waals surface area contributed by atoms with Crippen molar-refractivity contribution in [1.29, 1.82) is 0 Å². The largest absolute Gasteiger partial charge is 0.495 e. The first-order chi connectivity index (χ1) is 11.9. The number of rotatable bonds is 5. The molecule has 0 atom stereocenters. The van der Waals surface area contributed by atoms with Gasteiger partial charge in [0.05, 0.1) is 12.8 Å². The topological polar surface area (TPSA) is 70.7 Å². The lowest BCUT2D eigenvalue weighted by Gasteiger charge is -2.19. The standard InChI is InChI=1S/C18H20BrN3O3/c1-12-10-13(19)8-9-14(12)20-17(23)11-22(2)18(24)21-15-6-4-5-7-16(15)25-3/h4-10H,11H2,1-3H3,(H,20,23)(H,21,24). The van der Waals surface area contributed by atoms with E-state index in [1.807, 2.05) is 31.2 Å². The molecular formula is C18H20BrN3O3. The van der Waals surface area contributed by atoms with Gasteiger partial charge in [-0.15, -0.1) is 0 Å². The Hall–Kier alpha value is -2.54. The van der Waals surface area contributed by atoms with Crippen LogP contribution in [-0.2, 0) is 4.79 Å². The van der Waals surface area contributed by atoms with Crippen LogP contribution in [0.1, 0.15) is 5.56 Å². The first kappa shape index (κ1) is 18.8. The third-order valence-electron chi connectivity index (χ3n) is 3.54. The summed E-state index contributed by atoms with van der Waals surface area (Å²) in [6.45, 7) is 1.83. The van der Waals surface area contributed by atoms with Crippen LogP contribution in [0.4, 0.5) is 16.2 Å². The van der Waals surface area contributed by atoms with Crippen molar-refractivity contribution in [2.45, 2.75) is 6.92 Å². The zero-order chi connectivity index (χ0) is 18.4. The smallest absolute Gasteiger partial charge is 0.322 e. The summed E-state index contributed by atoms with van der Waals surface area (Å²) in [6, 6.07) is 12.3. The summed E-state index contributed by atoms with van der Waals surface area (Å²) in [5, 5.41) is 5.53. The van der Waals surface area contributed by atoms with E-state index in [0.29, 0.717) is 17.1 Å². The Balaban J connectivity index is 1.95. The quantitative estimate of drug-likeness (QED) is 0.792. The first-order valence-corrected chi connectivity index (χ1v) is 8.41. The lowest BCUT2D eigenvalue weighted by Crippen LogP contribution is -2.37. The van der Waals surface area contributed by atoms with Crippen molar-refractivity contribution >= 4 is 39.2 Å². The summed E-state index contributed by atoms with van der Waals surface area (Å²) in [7, 11) is 3.08. The number of urea groups is 1. The number of aryl methyl sites for hydroxylation is 1. The average Bonchev–Trinajstić information content (AvgIpc) is 2.57. The molecule has 0 spiro atoms. The normalized spacial score (nSPS) is 10.1. The molecule has 7 heteroatoms. The van der Waals surface area contributed by atoms with Crippen LogP contribution in [0, 0.1) is 6.92 Å². The zero-order valence-corrected chi connectivity index (χ0v) is 15.9. The second-order valence-electron chi connectivity index (χ2n) is 5.49. The maximum atomic E-state index is 12.3. The van der Waals surface area contributed by atoms with Gasteiger partial charge >= 0.3 is 6.03 Å². The van der Waals surface area contributed by atoms with Crippen LogP contribution in [-0.4, -0.2) is 37.5 Å². The van der Waals surface area contributed by atoms with Crippen LogP contribution >= 0.6 is 15.9 Å². The minimum Gasteiger partial charge on any atom is -0.495 e. The highest BCUT2D eigenvalue weighted by molar-refractivity contribution is 9.10. The van der Waals surface area contributed by atoms with Crippen molar-refractivity contribution in [3.05, 3.63) is 52.5 Å². The van der Waals surface area contributed by atoms with E-state index < -0.39 is 6.03 Å². The Morgan fingerprint density at radius 2 is 1.84 bits per heavy atom. The van der Waals surface area contributed by atoms with Gasteiger partial charge in [-0.2, -0.15) is 0 Å². The van der Waals surface area contributed by atoms with Gasteiger partial charge in [0.1, 0.15) is 12.3 Å². The van der Waals surface area contributed by atoms with Crippen molar-refractivity contribution in [3.8, 4) is 5.75 Å². The van der Waals surface area contributed by atoms with Crippen molar-refractivity contribution in [2.24, 2.45) is 0 Å². The summed E-state index contributed by atoms with van der Waals surface area (Å²) < 4.78 is 6.13. The molecule has 6 nitrogen and oxygen atoms in total. The van der Waals surface area contributed by atoms with Crippen LogP contribution in [0.5, 0.6) is 5.75 Å². The van der Waals surface area contributed by atoms with Crippen molar-refractivity contribution in [3.63, 3.8) is 0 Å². The van der Waals surface area contributed by atoms with Crippen molar-refractivity contribution in [1.82, 2.24) is 4.90 Å². The fourth-order valence-electron chi connectivity index (χ4n) is 2.20. The van der Waals surface area contributed by atoms with Gasteiger partial charge in [0.2, 0.25) is 5.91 Å². The number of nitrogens with zero attached hydrogens (tertiary/aromatic N) is 1. The number of ether oxygens (including phenoxy) is 1. The second kappa shape index (κ2) is 8.53. The molecule has 0 aliphatic rings. The van der Waals surface area contributed by atoms with Crippen LogP contribution in [0.2, 0.25) is 0 Å². The number of anilines is 2. The van der Waals surface area contributed by atoms with Gasteiger partial charge in [0.25, 0.3) is 0 Å². The molecule has 2 N–H and O–H groups in total. The summed E-state index contributed by atoms with van der Waals surface area (Å²) >= 11 is 3.38. The highest BCUT2D eigenvalue weighted by atomic mass is 79.9. The molecule has 0 bridgehead atoms. The predicted molar refractivity (Wildman–Crippen MR) is 102 cm³/mol.